The second-order valence-corrected chi connectivity index (χ2v) is 12.0. The first-order chi connectivity index (χ1) is 18.5. The standard InChI is InChI=1S/C31H39N3O4S/c1-6-25(4)32-31(36)29(20-26-13-8-7-9-14-26)33(21-27-15-11-10-12-24(27)3)30(35)22-34(39(5,37)38)28-18-16-23(2)17-19-28/h7-19,25,29H,6,20-22H2,1-5H3,(H,32,36)/t25-,29+/m1/s1. The lowest BCUT2D eigenvalue weighted by atomic mass is 10.0. The van der Waals surface area contributed by atoms with Gasteiger partial charge >= 0.3 is 0 Å². The lowest BCUT2D eigenvalue weighted by Crippen LogP contribution is -2.54. The quantitative estimate of drug-likeness (QED) is 0.357. The minimum atomic E-state index is -3.78. The number of anilines is 1. The lowest BCUT2D eigenvalue weighted by molar-refractivity contribution is -0.140. The summed E-state index contributed by atoms with van der Waals surface area (Å²) in [5.74, 6) is -0.721. The fourth-order valence-corrected chi connectivity index (χ4v) is 5.14. The number of hydrogen-bond acceptors (Lipinski definition) is 4. The summed E-state index contributed by atoms with van der Waals surface area (Å²) in [4.78, 5) is 29.3. The van der Waals surface area contributed by atoms with Gasteiger partial charge in [-0.1, -0.05) is 79.2 Å². The third kappa shape index (κ3) is 8.42. The fourth-order valence-electron chi connectivity index (χ4n) is 4.29. The summed E-state index contributed by atoms with van der Waals surface area (Å²) in [5, 5.41) is 3.04. The minimum Gasteiger partial charge on any atom is -0.352 e. The average Bonchev–Trinajstić information content (AvgIpc) is 2.90. The van der Waals surface area contributed by atoms with Gasteiger partial charge < -0.3 is 10.2 Å². The molecule has 2 amide bonds. The summed E-state index contributed by atoms with van der Waals surface area (Å²) in [7, 11) is -3.78. The van der Waals surface area contributed by atoms with Gasteiger partial charge in [-0.15, -0.1) is 0 Å². The number of nitrogens with one attached hydrogen (secondary N) is 1. The van der Waals surface area contributed by atoms with E-state index in [0.29, 0.717) is 12.1 Å². The summed E-state index contributed by atoms with van der Waals surface area (Å²) in [6.45, 7) is 7.52. The van der Waals surface area contributed by atoms with E-state index in [1.807, 2.05) is 82.3 Å². The van der Waals surface area contributed by atoms with E-state index >= 15 is 0 Å². The van der Waals surface area contributed by atoms with Crippen LogP contribution in [0, 0.1) is 13.8 Å². The number of benzene rings is 3. The summed E-state index contributed by atoms with van der Waals surface area (Å²) in [6, 6.07) is 23.3. The molecule has 0 spiro atoms. The molecule has 0 aromatic heterocycles. The number of sulfonamides is 1. The summed E-state index contributed by atoms with van der Waals surface area (Å²) < 4.78 is 26.8. The molecule has 1 N–H and O–H groups in total. The lowest BCUT2D eigenvalue weighted by Gasteiger charge is -2.34. The normalized spacial score (nSPS) is 12.8. The topological polar surface area (TPSA) is 86.8 Å². The van der Waals surface area contributed by atoms with E-state index in [1.54, 1.807) is 24.3 Å². The molecular weight excluding hydrogens is 510 g/mol. The molecular formula is C31H39N3O4S. The van der Waals surface area contributed by atoms with Crippen LogP contribution in [-0.4, -0.2) is 50.0 Å². The van der Waals surface area contributed by atoms with E-state index in [0.717, 1.165) is 39.2 Å². The number of carbonyl (C=O) groups excluding carboxylic acids is 2. The monoisotopic (exact) mass is 549 g/mol. The predicted molar refractivity (Wildman–Crippen MR) is 157 cm³/mol. The molecule has 0 aliphatic heterocycles. The number of amides is 2. The van der Waals surface area contributed by atoms with Gasteiger partial charge in [-0.05, 0) is 56.0 Å². The van der Waals surface area contributed by atoms with Crippen LogP contribution in [-0.2, 0) is 32.6 Å². The zero-order chi connectivity index (χ0) is 28.6. The molecule has 0 aliphatic rings. The Hall–Kier alpha value is -3.65. The molecule has 7 nitrogen and oxygen atoms in total. The Morgan fingerprint density at radius 1 is 0.897 bits per heavy atom. The highest BCUT2D eigenvalue weighted by Crippen LogP contribution is 2.21. The molecule has 0 fully saturated rings. The van der Waals surface area contributed by atoms with Crippen molar-refractivity contribution in [2.75, 3.05) is 17.1 Å². The first-order valence-electron chi connectivity index (χ1n) is 13.2. The molecule has 208 valence electrons. The third-order valence-electron chi connectivity index (χ3n) is 6.88. The summed E-state index contributed by atoms with van der Waals surface area (Å²) >= 11 is 0. The molecule has 0 radical (unpaired) electrons. The molecule has 0 aliphatic carbocycles. The highest BCUT2D eigenvalue weighted by molar-refractivity contribution is 7.92. The van der Waals surface area contributed by atoms with Gasteiger partial charge in [0.2, 0.25) is 21.8 Å². The molecule has 0 bridgehead atoms. The second-order valence-electron chi connectivity index (χ2n) is 10.1. The maximum absolute atomic E-state index is 14.1. The molecule has 2 atom stereocenters. The predicted octanol–water partition coefficient (Wildman–Crippen LogP) is 4.62. The van der Waals surface area contributed by atoms with E-state index in [4.69, 9.17) is 0 Å². The largest absolute Gasteiger partial charge is 0.352 e. The third-order valence-corrected chi connectivity index (χ3v) is 8.02. The molecule has 39 heavy (non-hydrogen) atoms. The van der Waals surface area contributed by atoms with Crippen LogP contribution in [0.3, 0.4) is 0 Å². The minimum absolute atomic E-state index is 0.0775. The Morgan fingerprint density at radius 3 is 2.10 bits per heavy atom. The van der Waals surface area contributed by atoms with Crippen molar-refractivity contribution in [3.05, 3.63) is 101 Å². The first-order valence-corrected chi connectivity index (χ1v) is 15.1. The molecule has 0 heterocycles. The van der Waals surface area contributed by atoms with Gasteiger partial charge in [0.05, 0.1) is 11.9 Å². The van der Waals surface area contributed by atoms with Crippen molar-refractivity contribution in [1.82, 2.24) is 10.2 Å². The molecule has 0 unspecified atom stereocenters. The Balaban J connectivity index is 2.06. The zero-order valence-corrected chi connectivity index (χ0v) is 24.2. The van der Waals surface area contributed by atoms with Crippen molar-refractivity contribution in [1.29, 1.82) is 0 Å². The van der Waals surface area contributed by atoms with Gasteiger partial charge in [-0.3, -0.25) is 13.9 Å². The highest BCUT2D eigenvalue weighted by Gasteiger charge is 2.33. The Labute approximate surface area is 232 Å². The number of nitrogens with zero attached hydrogens (tertiary/aromatic N) is 2. The van der Waals surface area contributed by atoms with E-state index in [1.165, 1.54) is 4.90 Å². The van der Waals surface area contributed by atoms with Crippen LogP contribution in [0.2, 0.25) is 0 Å². The SMILES string of the molecule is CC[C@@H](C)NC(=O)[C@H](Cc1ccccc1)N(Cc1ccccc1C)C(=O)CN(c1ccc(C)cc1)S(C)(=O)=O. The van der Waals surface area contributed by atoms with Crippen molar-refractivity contribution in [2.24, 2.45) is 0 Å². The van der Waals surface area contributed by atoms with Crippen molar-refractivity contribution in [2.45, 2.75) is 59.2 Å². The van der Waals surface area contributed by atoms with Crippen molar-refractivity contribution >= 4 is 27.5 Å². The fraction of sp³-hybridized carbons (Fsp3) is 0.355. The van der Waals surface area contributed by atoms with E-state index in [9.17, 15) is 18.0 Å². The van der Waals surface area contributed by atoms with Crippen LogP contribution >= 0.6 is 0 Å². The number of aryl methyl sites for hydroxylation is 2. The van der Waals surface area contributed by atoms with Gasteiger partial charge in [0.1, 0.15) is 12.6 Å². The molecule has 3 aromatic rings. The number of carbonyl (C=O) groups is 2. The Morgan fingerprint density at radius 2 is 1.51 bits per heavy atom. The van der Waals surface area contributed by atoms with Crippen LogP contribution in [0.5, 0.6) is 0 Å². The van der Waals surface area contributed by atoms with Crippen molar-refractivity contribution in [3.63, 3.8) is 0 Å². The summed E-state index contributed by atoms with van der Waals surface area (Å²) in [5.41, 5.74) is 4.15. The number of hydrogen-bond donors (Lipinski definition) is 1. The molecule has 0 saturated heterocycles. The van der Waals surface area contributed by atoms with Crippen LogP contribution in [0.15, 0.2) is 78.9 Å². The Kier molecular flexibility index (Phi) is 10.3. The maximum atomic E-state index is 14.1. The molecule has 3 aromatic carbocycles. The zero-order valence-electron chi connectivity index (χ0n) is 23.4. The molecule has 0 saturated carbocycles. The van der Waals surface area contributed by atoms with Crippen molar-refractivity contribution < 1.29 is 18.0 Å². The first kappa shape index (κ1) is 29.9. The van der Waals surface area contributed by atoms with Gasteiger partial charge in [0, 0.05) is 19.0 Å². The van der Waals surface area contributed by atoms with Crippen LogP contribution < -0.4 is 9.62 Å². The highest BCUT2D eigenvalue weighted by atomic mass is 32.2. The van der Waals surface area contributed by atoms with Crippen LogP contribution in [0.1, 0.15) is 42.5 Å². The van der Waals surface area contributed by atoms with Gasteiger partial charge in [-0.2, -0.15) is 0 Å². The van der Waals surface area contributed by atoms with E-state index in [2.05, 4.69) is 5.32 Å². The van der Waals surface area contributed by atoms with Gasteiger partial charge in [0.25, 0.3) is 0 Å². The maximum Gasteiger partial charge on any atom is 0.244 e. The van der Waals surface area contributed by atoms with Crippen LogP contribution in [0.25, 0.3) is 0 Å². The smallest absolute Gasteiger partial charge is 0.244 e. The van der Waals surface area contributed by atoms with E-state index < -0.39 is 28.5 Å². The molecule has 8 heteroatoms. The van der Waals surface area contributed by atoms with E-state index in [-0.39, 0.29) is 18.5 Å². The molecule has 3 rings (SSSR count). The second kappa shape index (κ2) is 13.4. The number of rotatable bonds is 12. The van der Waals surface area contributed by atoms with Gasteiger partial charge in [-0.25, -0.2) is 8.42 Å². The van der Waals surface area contributed by atoms with Gasteiger partial charge in [0.15, 0.2) is 0 Å². The van der Waals surface area contributed by atoms with Crippen molar-refractivity contribution in [3.8, 4) is 0 Å². The Bertz CT molecular complexity index is 1360. The van der Waals surface area contributed by atoms with Crippen LogP contribution in [0.4, 0.5) is 5.69 Å². The summed E-state index contributed by atoms with van der Waals surface area (Å²) in [6.07, 6.45) is 2.12. The average molecular weight is 550 g/mol.